The van der Waals surface area contributed by atoms with Gasteiger partial charge in [0.2, 0.25) is 0 Å². The Morgan fingerprint density at radius 1 is 1.22 bits per heavy atom. The first kappa shape index (κ1) is 26.9. The number of esters is 1. The number of rotatable bonds is 13. The van der Waals surface area contributed by atoms with E-state index in [1.54, 1.807) is 13.2 Å². The van der Waals surface area contributed by atoms with Crippen LogP contribution in [-0.2, 0) is 14.3 Å². The van der Waals surface area contributed by atoms with Gasteiger partial charge in [0.15, 0.2) is 6.10 Å². The molecule has 32 heavy (non-hydrogen) atoms. The number of nitrogens with one attached hydrogen (secondary N) is 1. The number of hydrogen-bond donors (Lipinski definition) is 1. The van der Waals surface area contributed by atoms with Gasteiger partial charge in [0.1, 0.15) is 11.6 Å². The number of H-pyrrole nitrogens is 1. The first-order chi connectivity index (χ1) is 14.8. The van der Waals surface area contributed by atoms with Crippen molar-refractivity contribution < 1.29 is 18.7 Å². The van der Waals surface area contributed by atoms with Crippen LogP contribution < -0.4 is 0 Å². The third kappa shape index (κ3) is 8.17. The molecule has 5 nitrogen and oxygen atoms in total. The molecule has 0 spiro atoms. The van der Waals surface area contributed by atoms with E-state index in [-0.39, 0.29) is 5.41 Å². The minimum atomic E-state index is -0.882. The lowest BCUT2D eigenvalue weighted by atomic mass is 9.72. The van der Waals surface area contributed by atoms with Crippen LogP contribution in [0.4, 0.5) is 4.39 Å². The smallest absolute Gasteiger partial charge is 0.312 e. The van der Waals surface area contributed by atoms with Crippen LogP contribution in [0, 0.1) is 10.8 Å². The Balaban J connectivity index is 3.06. The first-order valence-corrected chi connectivity index (χ1v) is 10.3. The Bertz CT molecular complexity index is 906. The topological polar surface area (TPSA) is 64.2 Å². The normalized spacial score (nSPS) is 13.8. The molecule has 1 N–H and O–H groups in total. The quantitative estimate of drug-likeness (QED) is 0.210. The summed E-state index contributed by atoms with van der Waals surface area (Å²) in [7, 11) is 1.57. The van der Waals surface area contributed by atoms with Gasteiger partial charge in [0.25, 0.3) is 0 Å². The van der Waals surface area contributed by atoms with Crippen molar-refractivity contribution in [2.45, 2.75) is 46.6 Å². The molecule has 1 rings (SSSR count). The largest absolute Gasteiger partial charge is 0.497 e. The second-order valence-corrected chi connectivity index (χ2v) is 9.10. The summed E-state index contributed by atoms with van der Waals surface area (Å²) in [5, 5.41) is 0. The van der Waals surface area contributed by atoms with Crippen molar-refractivity contribution in [2.24, 2.45) is 10.8 Å². The molecule has 0 bridgehead atoms. The fourth-order valence-corrected chi connectivity index (χ4v) is 3.81. The Morgan fingerprint density at radius 3 is 2.34 bits per heavy atom. The maximum absolute atomic E-state index is 13.5. The number of halogens is 1. The summed E-state index contributed by atoms with van der Waals surface area (Å²) < 4.78 is 24.5. The minimum Gasteiger partial charge on any atom is -0.497 e. The van der Waals surface area contributed by atoms with Gasteiger partial charge in [-0.2, -0.15) is 0 Å². The second-order valence-electron chi connectivity index (χ2n) is 9.10. The number of hydrogen-bond acceptors (Lipinski definition) is 4. The van der Waals surface area contributed by atoms with Crippen LogP contribution in [-0.4, -0.2) is 23.0 Å². The van der Waals surface area contributed by atoms with Gasteiger partial charge < -0.3 is 14.5 Å². The summed E-state index contributed by atoms with van der Waals surface area (Å²) in [5.41, 5.74) is 0.651. The maximum atomic E-state index is 13.5. The van der Waals surface area contributed by atoms with Crippen LogP contribution in [0.2, 0.25) is 0 Å². The molecule has 0 saturated carbocycles. The number of aromatic nitrogens is 2. The van der Waals surface area contributed by atoms with Crippen molar-refractivity contribution in [3.63, 3.8) is 0 Å². The number of imidazole rings is 1. The summed E-state index contributed by atoms with van der Waals surface area (Å²) in [6.45, 7) is 22.6. The maximum Gasteiger partial charge on any atom is 0.312 e. The zero-order valence-electron chi connectivity index (χ0n) is 19.8. The van der Waals surface area contributed by atoms with Gasteiger partial charge in [0.05, 0.1) is 30.7 Å². The number of nitrogens with zero attached hydrogens (tertiary/aromatic N) is 1. The summed E-state index contributed by atoms with van der Waals surface area (Å²) in [4.78, 5) is 20.1. The van der Waals surface area contributed by atoms with Gasteiger partial charge in [-0.1, -0.05) is 51.8 Å². The van der Waals surface area contributed by atoms with Crippen molar-refractivity contribution in [1.82, 2.24) is 9.97 Å². The van der Waals surface area contributed by atoms with E-state index in [4.69, 9.17) is 9.47 Å². The molecule has 0 fully saturated rings. The molecule has 0 aliphatic carbocycles. The Morgan fingerprint density at radius 2 is 1.88 bits per heavy atom. The number of carbonyl (C=O) groups excluding carboxylic acids is 1. The summed E-state index contributed by atoms with van der Waals surface area (Å²) >= 11 is 0. The lowest BCUT2D eigenvalue weighted by molar-refractivity contribution is -0.160. The molecule has 6 heteroatoms. The van der Waals surface area contributed by atoms with Crippen LogP contribution in [0.5, 0.6) is 0 Å². The monoisotopic (exact) mass is 442 g/mol. The molecule has 0 saturated heterocycles. The molecule has 0 radical (unpaired) electrons. The van der Waals surface area contributed by atoms with Gasteiger partial charge in [-0.05, 0) is 50.3 Å². The Hall–Kier alpha value is -3.15. The molecule has 0 aliphatic rings. The van der Waals surface area contributed by atoms with Crippen LogP contribution in [0.1, 0.15) is 52.3 Å². The average molecular weight is 443 g/mol. The number of ether oxygens (including phenoxy) is 2. The van der Waals surface area contributed by atoms with Crippen LogP contribution in [0.25, 0.3) is 0 Å². The van der Waals surface area contributed by atoms with E-state index >= 15 is 0 Å². The third-order valence-corrected chi connectivity index (χ3v) is 4.85. The van der Waals surface area contributed by atoms with Crippen LogP contribution >= 0.6 is 0 Å². The van der Waals surface area contributed by atoms with E-state index in [1.165, 1.54) is 24.7 Å². The standard InChI is InChI=1S/C26H35FN2O3/c1-10-20(13-19(4)27)23(22-15-28-17-29-22)32-24(30)26(7,8)16-25(5,6)14-18(3)12-21(11-2)31-9/h10-13,15,17,23H,1-4,14,16H2,5-9H3,(H,28,29)/b20-13+,21-12+. The van der Waals surface area contributed by atoms with Crippen molar-refractivity contribution in [3.05, 3.63) is 91.6 Å². The SMILES string of the molecule is C=C/C(=C\C(=C)CC(C)(C)CC(C)(C)C(=O)OC(/C(C=C)=C/C(=C)F)c1cnc[nH]1)OC. The summed E-state index contributed by atoms with van der Waals surface area (Å²) in [5.74, 6) is -0.459. The molecule has 0 amide bonds. The van der Waals surface area contributed by atoms with Gasteiger partial charge in [-0.15, -0.1) is 0 Å². The zero-order valence-corrected chi connectivity index (χ0v) is 19.8. The van der Waals surface area contributed by atoms with Gasteiger partial charge in [-0.3, -0.25) is 4.79 Å². The third-order valence-electron chi connectivity index (χ3n) is 4.85. The number of methoxy groups -OCH3 is 1. The van der Waals surface area contributed by atoms with Crippen molar-refractivity contribution in [3.8, 4) is 0 Å². The van der Waals surface area contributed by atoms with E-state index in [0.717, 1.165) is 5.57 Å². The van der Waals surface area contributed by atoms with Crippen molar-refractivity contribution in [2.75, 3.05) is 7.11 Å². The van der Waals surface area contributed by atoms with Crippen LogP contribution in [0.15, 0.2) is 85.9 Å². The van der Waals surface area contributed by atoms with Crippen molar-refractivity contribution >= 4 is 5.97 Å². The summed E-state index contributed by atoms with van der Waals surface area (Å²) in [6, 6.07) is 0. The molecule has 1 aromatic rings. The highest BCUT2D eigenvalue weighted by Crippen LogP contribution is 2.40. The molecule has 0 aliphatic heterocycles. The highest BCUT2D eigenvalue weighted by atomic mass is 19.1. The average Bonchev–Trinajstić information content (AvgIpc) is 3.21. The van der Waals surface area contributed by atoms with E-state index in [0.29, 0.717) is 29.9 Å². The Kier molecular flexibility index (Phi) is 9.63. The fraction of sp³-hybridized carbons (Fsp3) is 0.385. The molecule has 0 aromatic carbocycles. The van der Waals surface area contributed by atoms with Gasteiger partial charge in [-0.25, -0.2) is 9.37 Å². The summed E-state index contributed by atoms with van der Waals surface area (Å²) in [6.07, 6.45) is 9.35. The molecule has 174 valence electrons. The highest BCUT2D eigenvalue weighted by Gasteiger charge is 2.38. The molecular formula is C26H35FN2O3. The van der Waals surface area contributed by atoms with Crippen molar-refractivity contribution in [1.29, 1.82) is 0 Å². The van der Waals surface area contributed by atoms with Gasteiger partial charge in [0, 0.05) is 5.57 Å². The zero-order chi connectivity index (χ0) is 24.5. The molecule has 1 atom stereocenters. The number of aromatic amines is 1. The molecule has 1 aromatic heterocycles. The number of carbonyl (C=O) groups is 1. The first-order valence-electron chi connectivity index (χ1n) is 10.3. The Labute approximate surface area is 191 Å². The molecular weight excluding hydrogens is 407 g/mol. The highest BCUT2D eigenvalue weighted by molar-refractivity contribution is 5.76. The fourth-order valence-electron chi connectivity index (χ4n) is 3.81. The predicted octanol–water partition coefficient (Wildman–Crippen LogP) is 6.69. The second kappa shape index (κ2) is 11.5. The lowest BCUT2D eigenvalue weighted by Crippen LogP contribution is -2.33. The van der Waals surface area contributed by atoms with Crippen LogP contribution in [0.3, 0.4) is 0 Å². The predicted molar refractivity (Wildman–Crippen MR) is 127 cm³/mol. The van der Waals surface area contributed by atoms with E-state index in [1.807, 2.05) is 19.9 Å². The molecule has 1 heterocycles. The van der Waals surface area contributed by atoms with E-state index in [9.17, 15) is 9.18 Å². The van der Waals surface area contributed by atoms with Gasteiger partial charge >= 0.3 is 5.97 Å². The number of allylic oxidation sites excluding steroid dienone is 5. The van der Waals surface area contributed by atoms with E-state index < -0.39 is 23.3 Å². The minimum absolute atomic E-state index is 0.260. The van der Waals surface area contributed by atoms with E-state index in [2.05, 4.69) is 50.1 Å². The lowest BCUT2D eigenvalue weighted by Gasteiger charge is -2.34. The molecule has 1 unspecified atom stereocenters.